The third-order valence-electron chi connectivity index (χ3n) is 2.53. The Labute approximate surface area is 117 Å². The fourth-order valence-corrected chi connectivity index (χ4v) is 3.14. The molecule has 2 N–H and O–H groups in total. The van der Waals surface area contributed by atoms with Gasteiger partial charge in [-0.25, -0.2) is 4.98 Å². The highest BCUT2D eigenvalue weighted by atomic mass is 32.2. The van der Waals surface area contributed by atoms with E-state index in [4.69, 9.17) is 5.73 Å². The Morgan fingerprint density at radius 2 is 2.21 bits per heavy atom. The minimum Gasteiger partial charge on any atom is -0.398 e. The molecule has 19 heavy (non-hydrogen) atoms. The fraction of sp³-hybridized carbons (Fsp3) is 0.0833. The molecule has 0 saturated heterocycles. The highest BCUT2D eigenvalue weighted by Gasteiger charge is 2.06. The van der Waals surface area contributed by atoms with Crippen LogP contribution in [0, 0.1) is 0 Å². The van der Waals surface area contributed by atoms with Crippen molar-refractivity contribution >= 4 is 33.7 Å². The lowest BCUT2D eigenvalue weighted by atomic mass is 10.3. The molecule has 1 aromatic carbocycles. The summed E-state index contributed by atoms with van der Waals surface area (Å²) in [5.74, 6) is 0.609. The third-order valence-corrected chi connectivity index (χ3v) is 4.33. The van der Waals surface area contributed by atoms with Crippen LogP contribution in [0.1, 0.15) is 5.69 Å². The fourth-order valence-electron chi connectivity index (χ4n) is 1.64. The number of aromatic nitrogens is 3. The van der Waals surface area contributed by atoms with Gasteiger partial charge in [0, 0.05) is 22.4 Å². The van der Waals surface area contributed by atoms with Crippen LogP contribution in [0.2, 0.25) is 0 Å². The molecule has 0 atom stereocenters. The predicted molar refractivity (Wildman–Crippen MR) is 77.5 cm³/mol. The molecular weight excluding hydrogens is 280 g/mol. The van der Waals surface area contributed by atoms with Crippen molar-refractivity contribution in [2.45, 2.75) is 10.6 Å². The van der Waals surface area contributed by atoms with E-state index in [9.17, 15) is 4.79 Å². The number of rotatable bonds is 3. The van der Waals surface area contributed by atoms with Crippen molar-refractivity contribution in [2.24, 2.45) is 0 Å². The van der Waals surface area contributed by atoms with Crippen LogP contribution in [-0.2, 0) is 5.75 Å². The zero-order chi connectivity index (χ0) is 13.2. The first-order valence-electron chi connectivity index (χ1n) is 5.54. The normalized spacial score (nSPS) is 10.9. The van der Waals surface area contributed by atoms with E-state index in [1.807, 2.05) is 24.3 Å². The summed E-state index contributed by atoms with van der Waals surface area (Å²) < 4.78 is 1.30. The molecule has 5 nitrogen and oxygen atoms in total. The second-order valence-corrected chi connectivity index (χ2v) is 5.67. The molecular formula is C12H10N4OS2. The smallest absolute Gasteiger partial charge is 0.275 e. The van der Waals surface area contributed by atoms with E-state index in [-0.39, 0.29) is 5.56 Å². The molecule has 96 valence electrons. The van der Waals surface area contributed by atoms with Crippen LogP contribution >= 0.6 is 23.1 Å². The number of thioether (sulfide) groups is 1. The zero-order valence-corrected chi connectivity index (χ0v) is 11.4. The van der Waals surface area contributed by atoms with Gasteiger partial charge >= 0.3 is 0 Å². The summed E-state index contributed by atoms with van der Waals surface area (Å²) in [4.78, 5) is 17.8. The topological polar surface area (TPSA) is 73.3 Å². The van der Waals surface area contributed by atoms with Crippen molar-refractivity contribution in [1.82, 2.24) is 14.6 Å². The second kappa shape index (κ2) is 5.02. The molecule has 0 aliphatic rings. The van der Waals surface area contributed by atoms with Crippen LogP contribution in [0.3, 0.4) is 0 Å². The first-order chi connectivity index (χ1) is 9.24. The van der Waals surface area contributed by atoms with Crippen LogP contribution in [0.25, 0.3) is 4.96 Å². The molecule has 3 rings (SSSR count). The van der Waals surface area contributed by atoms with Gasteiger partial charge < -0.3 is 5.73 Å². The van der Waals surface area contributed by atoms with Gasteiger partial charge in [-0.15, -0.1) is 11.8 Å². The van der Waals surface area contributed by atoms with Gasteiger partial charge in [0.1, 0.15) is 5.51 Å². The van der Waals surface area contributed by atoms with Crippen molar-refractivity contribution in [1.29, 1.82) is 0 Å². The van der Waals surface area contributed by atoms with E-state index < -0.39 is 0 Å². The Kier molecular flexibility index (Phi) is 3.22. The van der Waals surface area contributed by atoms with Crippen molar-refractivity contribution in [3.8, 4) is 0 Å². The Morgan fingerprint density at radius 1 is 1.37 bits per heavy atom. The Balaban J connectivity index is 1.86. The summed E-state index contributed by atoms with van der Waals surface area (Å²) in [6, 6.07) is 9.16. The number of nitrogens with zero attached hydrogens (tertiary/aromatic N) is 3. The van der Waals surface area contributed by atoms with Gasteiger partial charge in [0.25, 0.3) is 5.56 Å². The van der Waals surface area contributed by atoms with E-state index in [0.29, 0.717) is 10.7 Å². The molecule has 0 amide bonds. The summed E-state index contributed by atoms with van der Waals surface area (Å²) in [5.41, 5.74) is 8.81. The maximum absolute atomic E-state index is 11.8. The maximum atomic E-state index is 11.8. The average Bonchev–Trinajstić information content (AvgIpc) is 2.87. The molecule has 0 radical (unpaired) electrons. The Morgan fingerprint density at radius 3 is 3.05 bits per heavy atom. The lowest BCUT2D eigenvalue weighted by molar-refractivity contribution is 0.888. The summed E-state index contributed by atoms with van der Waals surface area (Å²) in [6.45, 7) is 0. The largest absolute Gasteiger partial charge is 0.398 e. The van der Waals surface area contributed by atoms with Gasteiger partial charge in [-0.3, -0.25) is 4.79 Å². The van der Waals surface area contributed by atoms with E-state index in [1.54, 1.807) is 17.3 Å². The number of nitrogens with two attached hydrogens (primary N) is 1. The van der Waals surface area contributed by atoms with Gasteiger partial charge in [-0.2, -0.15) is 9.61 Å². The number of hydrogen-bond acceptors (Lipinski definition) is 6. The van der Waals surface area contributed by atoms with Crippen molar-refractivity contribution in [3.63, 3.8) is 0 Å². The standard InChI is InChI=1S/C12H10N4OS2/c13-9-3-1-2-4-10(9)18-6-8-5-11(17)16-12(15-8)19-7-14-16/h1-5,7H,6,13H2. The number of benzene rings is 1. The number of fused-ring (bicyclic) bond motifs is 1. The summed E-state index contributed by atoms with van der Waals surface area (Å²) in [6.07, 6.45) is 0. The molecule has 0 bridgehead atoms. The van der Waals surface area contributed by atoms with Crippen molar-refractivity contribution in [2.75, 3.05) is 5.73 Å². The van der Waals surface area contributed by atoms with E-state index in [1.165, 1.54) is 21.9 Å². The van der Waals surface area contributed by atoms with Crippen LogP contribution in [-0.4, -0.2) is 14.6 Å². The summed E-state index contributed by atoms with van der Waals surface area (Å²) in [7, 11) is 0. The number of anilines is 1. The molecule has 7 heteroatoms. The molecule has 2 aromatic heterocycles. The molecule has 0 aliphatic carbocycles. The van der Waals surface area contributed by atoms with Crippen LogP contribution in [0.5, 0.6) is 0 Å². The first kappa shape index (κ1) is 12.2. The summed E-state index contributed by atoms with van der Waals surface area (Å²) in [5, 5.41) is 3.93. The monoisotopic (exact) mass is 290 g/mol. The Bertz CT molecular complexity index is 780. The molecule has 0 unspecified atom stereocenters. The lowest BCUT2D eigenvalue weighted by Crippen LogP contribution is -2.14. The van der Waals surface area contributed by atoms with Gasteiger partial charge in [0.2, 0.25) is 4.96 Å². The Hall–Kier alpha value is -1.86. The van der Waals surface area contributed by atoms with Gasteiger partial charge in [-0.05, 0) is 12.1 Å². The molecule has 0 spiro atoms. The van der Waals surface area contributed by atoms with Gasteiger partial charge in [0.05, 0.1) is 5.69 Å². The van der Waals surface area contributed by atoms with E-state index >= 15 is 0 Å². The minimum absolute atomic E-state index is 0.150. The minimum atomic E-state index is -0.150. The molecule has 3 aromatic rings. The van der Waals surface area contributed by atoms with Crippen LogP contribution < -0.4 is 11.3 Å². The second-order valence-electron chi connectivity index (χ2n) is 3.85. The third kappa shape index (κ3) is 2.47. The molecule has 2 heterocycles. The maximum Gasteiger partial charge on any atom is 0.275 e. The number of nitrogen functional groups attached to an aromatic ring is 1. The highest BCUT2D eigenvalue weighted by molar-refractivity contribution is 7.98. The average molecular weight is 290 g/mol. The molecule has 0 saturated carbocycles. The van der Waals surface area contributed by atoms with Gasteiger partial charge in [-0.1, -0.05) is 23.5 Å². The predicted octanol–water partition coefficient (Wildman–Crippen LogP) is 2.03. The van der Waals surface area contributed by atoms with Crippen molar-refractivity contribution in [3.05, 3.63) is 51.9 Å². The summed E-state index contributed by atoms with van der Waals surface area (Å²) >= 11 is 2.92. The van der Waals surface area contributed by atoms with E-state index in [2.05, 4.69) is 10.1 Å². The highest BCUT2D eigenvalue weighted by Crippen LogP contribution is 2.26. The number of para-hydroxylation sites is 1. The van der Waals surface area contributed by atoms with Crippen LogP contribution in [0.15, 0.2) is 45.5 Å². The SMILES string of the molecule is Nc1ccccc1SCc1cc(=O)n2ncsc2n1. The van der Waals surface area contributed by atoms with Crippen molar-refractivity contribution < 1.29 is 0 Å². The zero-order valence-electron chi connectivity index (χ0n) is 9.81. The quantitative estimate of drug-likeness (QED) is 0.590. The molecule has 0 fully saturated rings. The molecule has 0 aliphatic heterocycles. The van der Waals surface area contributed by atoms with E-state index in [0.717, 1.165) is 16.3 Å². The van der Waals surface area contributed by atoms with Gasteiger partial charge in [0.15, 0.2) is 0 Å². The first-order valence-corrected chi connectivity index (χ1v) is 7.40. The lowest BCUT2D eigenvalue weighted by Gasteiger charge is -2.04. The number of hydrogen-bond donors (Lipinski definition) is 1. The van der Waals surface area contributed by atoms with Crippen LogP contribution in [0.4, 0.5) is 5.69 Å².